The molecule has 0 bridgehead atoms. The Kier molecular flexibility index (Phi) is 5.40. The zero-order valence-corrected chi connectivity index (χ0v) is 17.0. The van der Waals surface area contributed by atoms with Crippen LogP contribution in [0.1, 0.15) is 23.9 Å². The van der Waals surface area contributed by atoms with Crippen LogP contribution in [0.3, 0.4) is 0 Å². The van der Waals surface area contributed by atoms with Gasteiger partial charge in [-0.1, -0.05) is 42.8 Å². The maximum Gasteiger partial charge on any atom is 0.258 e. The van der Waals surface area contributed by atoms with Gasteiger partial charge >= 0.3 is 0 Å². The number of thiophene rings is 1. The number of fused-ring (bicyclic) bond motifs is 3. The van der Waals surface area contributed by atoms with E-state index in [1.54, 1.807) is 6.07 Å². The minimum absolute atomic E-state index is 0.169. The smallest absolute Gasteiger partial charge is 0.258 e. The van der Waals surface area contributed by atoms with Crippen molar-refractivity contribution in [2.24, 2.45) is 0 Å². The number of nitrogens with one attached hydrogen (secondary N) is 1. The van der Waals surface area contributed by atoms with Crippen LogP contribution in [0.15, 0.2) is 42.5 Å². The first-order chi connectivity index (χ1) is 14.0. The monoisotopic (exact) mass is 409 g/mol. The van der Waals surface area contributed by atoms with E-state index in [2.05, 4.69) is 15.3 Å². The van der Waals surface area contributed by atoms with Crippen molar-refractivity contribution in [2.75, 3.05) is 6.61 Å². The maximum atomic E-state index is 14.4. The molecule has 5 nitrogen and oxygen atoms in total. The summed E-state index contributed by atoms with van der Waals surface area (Å²) in [5.74, 6) is 0.299. The third-order valence-corrected chi connectivity index (χ3v) is 5.70. The molecule has 0 radical (unpaired) electrons. The van der Waals surface area contributed by atoms with E-state index >= 15 is 0 Å². The Morgan fingerprint density at radius 1 is 1.17 bits per heavy atom. The normalized spacial score (nSPS) is 11.1. The number of aromatic nitrogens is 2. The minimum atomic E-state index is -0.323. The molecular formula is C22H20FN3O2S. The highest BCUT2D eigenvalue weighted by molar-refractivity contribution is 7.26. The van der Waals surface area contributed by atoms with Gasteiger partial charge in [-0.2, -0.15) is 4.98 Å². The second kappa shape index (κ2) is 8.13. The summed E-state index contributed by atoms with van der Waals surface area (Å²) in [5, 5.41) is 3.31. The summed E-state index contributed by atoms with van der Waals surface area (Å²) < 4.78 is 21.5. The topological polar surface area (TPSA) is 64.1 Å². The van der Waals surface area contributed by atoms with Gasteiger partial charge in [-0.05, 0) is 24.6 Å². The second-order valence-corrected chi connectivity index (χ2v) is 7.79. The van der Waals surface area contributed by atoms with Crippen molar-refractivity contribution in [3.63, 3.8) is 0 Å². The molecule has 0 saturated carbocycles. The highest BCUT2D eigenvalue weighted by atomic mass is 32.1. The van der Waals surface area contributed by atoms with Gasteiger partial charge in [0.05, 0.1) is 10.9 Å². The van der Waals surface area contributed by atoms with Crippen LogP contribution in [-0.2, 0) is 17.8 Å². The van der Waals surface area contributed by atoms with Gasteiger partial charge in [0.25, 0.3) is 5.91 Å². The molecule has 0 aliphatic rings. The molecule has 0 spiro atoms. The SMILES string of the molecule is CCc1nc(OCC(=O)NCc2ccc(C)cc2)c2sc3cccc(F)c3c2n1. The number of hydrogen-bond donors (Lipinski definition) is 1. The van der Waals surface area contributed by atoms with E-state index in [0.29, 0.717) is 40.3 Å². The van der Waals surface area contributed by atoms with Crippen LogP contribution in [0.5, 0.6) is 5.88 Å². The Labute approximate surface area is 171 Å². The number of rotatable bonds is 6. The number of carbonyl (C=O) groups is 1. The van der Waals surface area contributed by atoms with Crippen LogP contribution in [0.4, 0.5) is 4.39 Å². The van der Waals surface area contributed by atoms with E-state index in [9.17, 15) is 9.18 Å². The van der Waals surface area contributed by atoms with Crippen LogP contribution in [0, 0.1) is 12.7 Å². The van der Waals surface area contributed by atoms with Crippen LogP contribution in [0.2, 0.25) is 0 Å². The number of amides is 1. The predicted molar refractivity (Wildman–Crippen MR) is 113 cm³/mol. The van der Waals surface area contributed by atoms with E-state index in [0.717, 1.165) is 10.3 Å². The van der Waals surface area contributed by atoms with Crippen molar-refractivity contribution < 1.29 is 13.9 Å². The Morgan fingerprint density at radius 3 is 2.72 bits per heavy atom. The van der Waals surface area contributed by atoms with E-state index < -0.39 is 0 Å². The van der Waals surface area contributed by atoms with Gasteiger partial charge < -0.3 is 10.1 Å². The molecular weight excluding hydrogens is 389 g/mol. The van der Waals surface area contributed by atoms with Gasteiger partial charge in [0.2, 0.25) is 5.88 Å². The average molecular weight is 409 g/mol. The van der Waals surface area contributed by atoms with Crippen LogP contribution < -0.4 is 10.1 Å². The Balaban J connectivity index is 1.54. The van der Waals surface area contributed by atoms with Crippen LogP contribution in [-0.4, -0.2) is 22.5 Å². The number of aryl methyl sites for hydroxylation is 2. The standard InChI is InChI=1S/C22H20FN3O2S/c1-3-17-25-20-19-15(23)5-4-6-16(19)29-21(20)22(26-17)28-12-18(27)24-11-14-9-7-13(2)8-10-14/h4-10H,3,11-12H2,1-2H3,(H,24,27). The Hall–Kier alpha value is -3.06. The molecule has 0 atom stereocenters. The first-order valence-corrected chi connectivity index (χ1v) is 10.2. The van der Waals surface area contributed by atoms with Crippen molar-refractivity contribution in [1.29, 1.82) is 0 Å². The van der Waals surface area contributed by atoms with Gasteiger partial charge in [-0.25, -0.2) is 9.37 Å². The summed E-state index contributed by atoms with van der Waals surface area (Å²) in [4.78, 5) is 21.1. The lowest BCUT2D eigenvalue weighted by Crippen LogP contribution is -2.28. The second-order valence-electron chi connectivity index (χ2n) is 6.74. The lowest BCUT2D eigenvalue weighted by atomic mass is 10.1. The van der Waals surface area contributed by atoms with E-state index in [1.165, 1.54) is 23.0 Å². The fraction of sp³-hybridized carbons (Fsp3) is 0.227. The van der Waals surface area contributed by atoms with Gasteiger partial charge in [0.1, 0.15) is 16.3 Å². The number of benzene rings is 2. The summed E-state index contributed by atoms with van der Waals surface area (Å²) >= 11 is 1.36. The summed E-state index contributed by atoms with van der Waals surface area (Å²) in [7, 11) is 0. The van der Waals surface area contributed by atoms with Crippen molar-refractivity contribution in [1.82, 2.24) is 15.3 Å². The predicted octanol–water partition coefficient (Wildman–Crippen LogP) is 4.55. The highest BCUT2D eigenvalue weighted by Crippen LogP contribution is 2.38. The molecule has 1 N–H and O–H groups in total. The molecule has 1 amide bonds. The van der Waals surface area contributed by atoms with E-state index in [1.807, 2.05) is 44.2 Å². The third kappa shape index (κ3) is 4.05. The number of hydrogen-bond acceptors (Lipinski definition) is 5. The number of halogens is 1. The highest BCUT2D eigenvalue weighted by Gasteiger charge is 2.18. The van der Waals surface area contributed by atoms with Gasteiger partial charge in [-0.3, -0.25) is 4.79 Å². The number of carbonyl (C=O) groups excluding carboxylic acids is 1. The first-order valence-electron chi connectivity index (χ1n) is 9.38. The number of ether oxygens (including phenoxy) is 1. The maximum absolute atomic E-state index is 14.4. The van der Waals surface area contributed by atoms with Crippen LogP contribution in [0.25, 0.3) is 20.3 Å². The lowest BCUT2D eigenvalue weighted by molar-refractivity contribution is -0.123. The van der Waals surface area contributed by atoms with E-state index in [-0.39, 0.29) is 18.3 Å². The fourth-order valence-corrected chi connectivity index (χ4v) is 4.11. The molecule has 148 valence electrons. The lowest BCUT2D eigenvalue weighted by Gasteiger charge is -2.09. The molecule has 0 fully saturated rings. The van der Waals surface area contributed by atoms with Crippen LogP contribution >= 0.6 is 11.3 Å². The van der Waals surface area contributed by atoms with Gasteiger partial charge in [-0.15, -0.1) is 11.3 Å². The molecule has 2 aromatic carbocycles. The number of nitrogens with zero attached hydrogens (tertiary/aromatic N) is 2. The molecule has 4 aromatic rings. The molecule has 2 aromatic heterocycles. The Morgan fingerprint density at radius 2 is 1.97 bits per heavy atom. The van der Waals surface area contributed by atoms with Crippen molar-refractivity contribution in [2.45, 2.75) is 26.8 Å². The van der Waals surface area contributed by atoms with Crippen molar-refractivity contribution in [3.05, 3.63) is 65.2 Å². The third-order valence-electron chi connectivity index (χ3n) is 4.57. The van der Waals surface area contributed by atoms with Crippen molar-refractivity contribution >= 4 is 37.5 Å². The molecule has 0 unspecified atom stereocenters. The van der Waals surface area contributed by atoms with Gasteiger partial charge in [0, 0.05) is 17.7 Å². The minimum Gasteiger partial charge on any atom is -0.466 e. The summed E-state index contributed by atoms with van der Waals surface area (Å²) in [5.41, 5.74) is 2.72. The summed E-state index contributed by atoms with van der Waals surface area (Å²) in [6.07, 6.45) is 0.581. The van der Waals surface area contributed by atoms with Gasteiger partial charge in [0.15, 0.2) is 6.61 Å². The molecule has 2 heterocycles. The molecule has 0 aliphatic heterocycles. The summed E-state index contributed by atoms with van der Waals surface area (Å²) in [6, 6.07) is 12.9. The molecule has 29 heavy (non-hydrogen) atoms. The first kappa shape index (κ1) is 19.3. The largest absolute Gasteiger partial charge is 0.466 e. The zero-order chi connectivity index (χ0) is 20.4. The summed E-state index contributed by atoms with van der Waals surface area (Å²) in [6.45, 7) is 4.20. The fourth-order valence-electron chi connectivity index (χ4n) is 3.01. The molecule has 0 saturated heterocycles. The zero-order valence-electron chi connectivity index (χ0n) is 16.2. The molecule has 7 heteroatoms. The molecule has 0 aliphatic carbocycles. The Bertz CT molecular complexity index is 1190. The average Bonchev–Trinajstić information content (AvgIpc) is 3.11. The quantitative estimate of drug-likeness (QED) is 0.507. The van der Waals surface area contributed by atoms with E-state index in [4.69, 9.17) is 4.74 Å². The van der Waals surface area contributed by atoms with Crippen molar-refractivity contribution in [3.8, 4) is 5.88 Å². The molecule has 4 rings (SSSR count).